The molecule has 1 aromatic carbocycles. The number of nitrogens with two attached hydrogens (primary N) is 1. The quantitative estimate of drug-likeness (QED) is 0.497. The van der Waals surface area contributed by atoms with Crippen molar-refractivity contribution in [3.63, 3.8) is 0 Å². The molecule has 0 saturated carbocycles. The lowest BCUT2D eigenvalue weighted by Gasteiger charge is -2.00. The maximum atomic E-state index is 5.64. The summed E-state index contributed by atoms with van der Waals surface area (Å²) >= 11 is 4.76. The van der Waals surface area contributed by atoms with Crippen molar-refractivity contribution in [2.45, 2.75) is 4.90 Å². The number of aliphatic imine (C=N–C) groups is 1. The number of oxazole rings is 1. The maximum Gasteiger partial charge on any atom is 0.182 e. The van der Waals surface area contributed by atoms with Crippen molar-refractivity contribution in [3.05, 3.63) is 23.0 Å². The number of halogens is 1. The third-order valence-electron chi connectivity index (χ3n) is 1.83. The average Bonchev–Trinajstić information content (AvgIpc) is 2.71. The topological polar surface area (TPSA) is 64.4 Å². The van der Waals surface area contributed by atoms with Crippen molar-refractivity contribution in [2.24, 2.45) is 10.7 Å². The van der Waals surface area contributed by atoms with Crippen molar-refractivity contribution in [1.29, 1.82) is 0 Å². The van der Waals surface area contributed by atoms with Gasteiger partial charge in [-0.15, -0.1) is 0 Å². The zero-order valence-corrected chi connectivity index (χ0v) is 10.3. The predicted molar refractivity (Wildman–Crippen MR) is 65.1 cm³/mol. The number of thioether (sulfide) groups is 1. The Morgan fingerprint density at radius 2 is 2.40 bits per heavy atom. The highest BCUT2D eigenvalue weighted by Crippen LogP contribution is 2.31. The minimum atomic E-state index is 0.495. The summed E-state index contributed by atoms with van der Waals surface area (Å²) in [4.78, 5) is 8.90. The highest BCUT2D eigenvalue weighted by Gasteiger charge is 2.10. The van der Waals surface area contributed by atoms with E-state index in [1.165, 1.54) is 18.2 Å². The zero-order valence-electron chi connectivity index (χ0n) is 7.90. The van der Waals surface area contributed by atoms with Gasteiger partial charge >= 0.3 is 0 Å². The van der Waals surface area contributed by atoms with Crippen molar-refractivity contribution >= 4 is 44.0 Å². The summed E-state index contributed by atoms with van der Waals surface area (Å²) in [7, 11) is 1.65. The number of nitrogens with zero attached hydrogens (tertiary/aromatic N) is 2. The molecule has 6 heteroatoms. The van der Waals surface area contributed by atoms with E-state index in [2.05, 4.69) is 25.9 Å². The highest BCUT2D eigenvalue weighted by molar-refractivity contribution is 9.10. The fourth-order valence-electron chi connectivity index (χ4n) is 1.13. The largest absolute Gasteiger partial charge is 0.442 e. The Hall–Kier alpha value is -1.01. The van der Waals surface area contributed by atoms with E-state index in [0.717, 1.165) is 20.5 Å². The van der Waals surface area contributed by atoms with Crippen LogP contribution in [-0.4, -0.2) is 17.2 Å². The lowest BCUT2D eigenvalue weighted by Crippen LogP contribution is -2.05. The van der Waals surface area contributed by atoms with Gasteiger partial charge in [0.15, 0.2) is 17.1 Å². The summed E-state index contributed by atoms with van der Waals surface area (Å²) in [5.74, 6) is 0. The number of fused-ring (bicyclic) bond motifs is 1. The van der Waals surface area contributed by atoms with Crippen LogP contribution in [0.3, 0.4) is 0 Å². The highest BCUT2D eigenvalue weighted by atomic mass is 79.9. The summed E-state index contributed by atoms with van der Waals surface area (Å²) in [6, 6.07) is 3.83. The SMILES string of the molecule is CN=C(N)Sc1ccc(Br)c2ncoc12. The minimum Gasteiger partial charge on any atom is -0.442 e. The Bertz CT molecular complexity index is 523. The molecular weight excluding hydrogens is 278 g/mol. The van der Waals surface area contributed by atoms with Gasteiger partial charge in [0.05, 0.1) is 4.90 Å². The first kappa shape index (κ1) is 10.5. The van der Waals surface area contributed by atoms with Crippen molar-refractivity contribution in [3.8, 4) is 0 Å². The Morgan fingerprint density at radius 1 is 1.60 bits per heavy atom. The number of hydrogen-bond donors (Lipinski definition) is 1. The molecule has 1 heterocycles. The molecule has 0 aliphatic heterocycles. The monoisotopic (exact) mass is 285 g/mol. The first-order chi connectivity index (χ1) is 7.22. The van der Waals surface area contributed by atoms with E-state index in [9.17, 15) is 0 Å². The second kappa shape index (κ2) is 4.24. The summed E-state index contributed by atoms with van der Waals surface area (Å²) in [6.45, 7) is 0. The fourth-order valence-corrected chi connectivity index (χ4v) is 2.24. The van der Waals surface area contributed by atoms with E-state index in [4.69, 9.17) is 10.2 Å². The van der Waals surface area contributed by atoms with E-state index in [0.29, 0.717) is 5.17 Å². The summed E-state index contributed by atoms with van der Waals surface area (Å²) in [5, 5.41) is 0.495. The van der Waals surface area contributed by atoms with Crippen LogP contribution in [0, 0.1) is 0 Å². The minimum absolute atomic E-state index is 0.495. The molecule has 0 aliphatic carbocycles. The van der Waals surface area contributed by atoms with Crippen LogP contribution >= 0.6 is 27.7 Å². The molecule has 0 aliphatic rings. The number of hydrogen-bond acceptors (Lipinski definition) is 4. The van der Waals surface area contributed by atoms with Crippen LogP contribution in [0.5, 0.6) is 0 Å². The van der Waals surface area contributed by atoms with Crippen LogP contribution in [0.4, 0.5) is 0 Å². The number of amidine groups is 1. The molecule has 2 rings (SSSR count). The van der Waals surface area contributed by atoms with E-state index >= 15 is 0 Å². The zero-order chi connectivity index (χ0) is 10.8. The standard InChI is InChI=1S/C9H8BrN3OS/c1-12-9(11)15-6-3-2-5(10)7-8(6)14-4-13-7/h2-4H,1H3,(H2,11,12). The van der Waals surface area contributed by atoms with Gasteiger partial charge in [0, 0.05) is 11.5 Å². The normalized spacial score (nSPS) is 12.3. The molecule has 0 bridgehead atoms. The first-order valence-corrected chi connectivity index (χ1v) is 5.75. The number of rotatable bonds is 1. The van der Waals surface area contributed by atoms with Gasteiger partial charge in [-0.1, -0.05) is 0 Å². The molecule has 0 amide bonds. The molecular formula is C9H8BrN3OS. The molecule has 78 valence electrons. The molecule has 4 nitrogen and oxygen atoms in total. The van der Waals surface area contributed by atoms with Gasteiger partial charge in [-0.25, -0.2) is 4.98 Å². The summed E-state index contributed by atoms with van der Waals surface area (Å²) in [5.41, 5.74) is 7.16. The molecule has 2 N–H and O–H groups in total. The van der Waals surface area contributed by atoms with Crippen LogP contribution in [0.25, 0.3) is 11.1 Å². The predicted octanol–water partition coefficient (Wildman–Crippen LogP) is 2.63. The molecule has 2 aromatic rings. The van der Waals surface area contributed by atoms with E-state index in [1.807, 2.05) is 12.1 Å². The van der Waals surface area contributed by atoms with Gasteiger partial charge in [-0.2, -0.15) is 0 Å². The number of aromatic nitrogens is 1. The molecule has 0 atom stereocenters. The van der Waals surface area contributed by atoms with Crippen LogP contribution < -0.4 is 5.73 Å². The van der Waals surface area contributed by atoms with Gasteiger partial charge in [0.2, 0.25) is 0 Å². The van der Waals surface area contributed by atoms with Gasteiger partial charge in [-0.3, -0.25) is 4.99 Å². The molecule has 0 radical (unpaired) electrons. The Kier molecular flexibility index (Phi) is 2.97. The maximum absolute atomic E-state index is 5.64. The second-order valence-electron chi connectivity index (χ2n) is 2.74. The van der Waals surface area contributed by atoms with Crippen LogP contribution in [0.2, 0.25) is 0 Å². The molecule has 1 aromatic heterocycles. The van der Waals surface area contributed by atoms with Crippen LogP contribution in [0.15, 0.2) is 37.3 Å². The first-order valence-electron chi connectivity index (χ1n) is 4.14. The number of benzene rings is 1. The van der Waals surface area contributed by atoms with E-state index in [-0.39, 0.29) is 0 Å². The van der Waals surface area contributed by atoms with E-state index < -0.39 is 0 Å². The molecule has 0 fully saturated rings. The third-order valence-corrected chi connectivity index (χ3v) is 3.41. The van der Waals surface area contributed by atoms with E-state index in [1.54, 1.807) is 7.05 Å². The average molecular weight is 286 g/mol. The molecule has 15 heavy (non-hydrogen) atoms. The Balaban J connectivity index is 2.52. The fraction of sp³-hybridized carbons (Fsp3) is 0.111. The Morgan fingerprint density at radius 3 is 3.13 bits per heavy atom. The van der Waals surface area contributed by atoms with Gasteiger partial charge in [0.1, 0.15) is 5.52 Å². The summed E-state index contributed by atoms with van der Waals surface area (Å²) < 4.78 is 6.21. The van der Waals surface area contributed by atoms with Gasteiger partial charge in [0.25, 0.3) is 0 Å². The van der Waals surface area contributed by atoms with Crippen molar-refractivity contribution in [2.75, 3.05) is 7.05 Å². The smallest absolute Gasteiger partial charge is 0.182 e. The third kappa shape index (κ3) is 2.00. The van der Waals surface area contributed by atoms with Crippen molar-refractivity contribution in [1.82, 2.24) is 4.98 Å². The second-order valence-corrected chi connectivity index (χ2v) is 4.66. The summed E-state index contributed by atoms with van der Waals surface area (Å²) in [6.07, 6.45) is 1.42. The lowest BCUT2D eigenvalue weighted by atomic mass is 10.3. The Labute approximate surface area is 99.1 Å². The van der Waals surface area contributed by atoms with Gasteiger partial charge < -0.3 is 10.2 Å². The molecule has 0 spiro atoms. The van der Waals surface area contributed by atoms with Crippen LogP contribution in [0.1, 0.15) is 0 Å². The lowest BCUT2D eigenvalue weighted by molar-refractivity contribution is 0.595. The molecule has 0 saturated heterocycles. The molecule has 0 unspecified atom stereocenters. The van der Waals surface area contributed by atoms with Crippen molar-refractivity contribution < 1.29 is 4.42 Å². The van der Waals surface area contributed by atoms with Gasteiger partial charge in [-0.05, 0) is 39.8 Å². The van der Waals surface area contributed by atoms with Crippen LogP contribution in [-0.2, 0) is 0 Å².